The molecule has 1 N–H and O–H groups in total. The van der Waals surface area contributed by atoms with Crippen LogP contribution in [0.3, 0.4) is 0 Å². The van der Waals surface area contributed by atoms with Crippen LogP contribution in [0.1, 0.15) is 19.3 Å². The van der Waals surface area contributed by atoms with E-state index >= 15 is 0 Å². The molecule has 3 saturated carbocycles. The molecule has 5 atom stereocenters. The molecule has 4 bridgehead atoms. The summed E-state index contributed by atoms with van der Waals surface area (Å²) in [6, 6.07) is -0.127. The molecule has 5 heteroatoms. The van der Waals surface area contributed by atoms with E-state index in [1.807, 2.05) is 0 Å². The van der Waals surface area contributed by atoms with Gasteiger partial charge in [-0.2, -0.15) is 4.31 Å². The lowest BCUT2D eigenvalue weighted by molar-refractivity contribution is -0.0345. The predicted molar refractivity (Wildman–Crippen MR) is 51.1 cm³/mol. The molecule has 4 nitrogen and oxygen atoms in total. The highest BCUT2D eigenvalue weighted by atomic mass is 32.2. The molecule has 4 aliphatic rings. The van der Waals surface area contributed by atoms with Gasteiger partial charge in [-0.05, 0) is 31.1 Å². The average molecular weight is 217 g/mol. The third-order valence-corrected chi connectivity index (χ3v) is 6.71. The number of hydrogen-bond acceptors (Lipinski definition) is 3. The monoisotopic (exact) mass is 217 g/mol. The van der Waals surface area contributed by atoms with Crippen molar-refractivity contribution in [2.75, 3.05) is 7.05 Å². The highest BCUT2D eigenvalue weighted by molar-refractivity contribution is 7.90. The second kappa shape index (κ2) is 2.51. The first-order valence-corrected chi connectivity index (χ1v) is 6.68. The molecular weight excluding hydrogens is 202 g/mol. The topological polar surface area (TPSA) is 57.6 Å². The average Bonchev–Trinajstić information content (AvgIpc) is 2.32. The van der Waals surface area contributed by atoms with Gasteiger partial charge in [0.25, 0.3) is 0 Å². The highest BCUT2D eigenvalue weighted by Crippen LogP contribution is 2.51. The third-order valence-electron chi connectivity index (χ3n) is 4.36. The van der Waals surface area contributed by atoms with Gasteiger partial charge >= 0.3 is 0 Å². The summed E-state index contributed by atoms with van der Waals surface area (Å²) in [5.41, 5.74) is 0. The van der Waals surface area contributed by atoms with Gasteiger partial charge in [-0.15, -0.1) is 0 Å². The minimum Gasteiger partial charge on any atom is -0.391 e. The maximum Gasteiger partial charge on any atom is 0.217 e. The molecule has 4 rings (SSSR count). The standard InChI is InChI=1S/C9H15NO3S/c1-10-8-6-3-2-5(9(8)11)4-7(6)14(10,12)13/h5-9,11H,2-4H2,1H3. The Hall–Kier alpha value is -0.130. The van der Waals surface area contributed by atoms with Crippen molar-refractivity contribution in [3.8, 4) is 0 Å². The molecule has 0 radical (unpaired) electrons. The summed E-state index contributed by atoms with van der Waals surface area (Å²) in [7, 11) is -1.48. The molecule has 3 aliphatic carbocycles. The second-order valence-electron chi connectivity index (χ2n) is 4.82. The Morgan fingerprint density at radius 2 is 2.07 bits per heavy atom. The van der Waals surface area contributed by atoms with E-state index in [9.17, 15) is 13.5 Å². The molecule has 0 aromatic rings. The molecule has 0 aromatic carbocycles. The molecule has 5 unspecified atom stereocenters. The van der Waals surface area contributed by atoms with E-state index in [4.69, 9.17) is 0 Å². The van der Waals surface area contributed by atoms with Crippen LogP contribution in [0.15, 0.2) is 0 Å². The Labute approximate surface area is 84.0 Å². The van der Waals surface area contributed by atoms with Gasteiger partial charge in [0.05, 0.1) is 17.4 Å². The van der Waals surface area contributed by atoms with Crippen molar-refractivity contribution < 1.29 is 13.5 Å². The zero-order valence-corrected chi connectivity index (χ0v) is 8.94. The molecule has 0 amide bonds. The molecule has 0 aromatic heterocycles. The van der Waals surface area contributed by atoms with Crippen LogP contribution in [0.5, 0.6) is 0 Å². The molecule has 1 aliphatic heterocycles. The van der Waals surface area contributed by atoms with Crippen LogP contribution < -0.4 is 0 Å². The van der Waals surface area contributed by atoms with Crippen LogP contribution in [0.4, 0.5) is 0 Å². The zero-order valence-electron chi connectivity index (χ0n) is 8.13. The van der Waals surface area contributed by atoms with E-state index in [0.717, 1.165) is 12.8 Å². The van der Waals surface area contributed by atoms with Crippen molar-refractivity contribution in [2.24, 2.45) is 11.8 Å². The van der Waals surface area contributed by atoms with Crippen LogP contribution >= 0.6 is 0 Å². The van der Waals surface area contributed by atoms with Gasteiger partial charge in [0, 0.05) is 7.05 Å². The van der Waals surface area contributed by atoms with E-state index in [1.165, 1.54) is 4.31 Å². The van der Waals surface area contributed by atoms with Crippen LogP contribution in [0.25, 0.3) is 0 Å². The van der Waals surface area contributed by atoms with Crippen molar-refractivity contribution in [1.82, 2.24) is 4.31 Å². The van der Waals surface area contributed by atoms with Crippen LogP contribution in [-0.4, -0.2) is 42.3 Å². The largest absolute Gasteiger partial charge is 0.391 e. The van der Waals surface area contributed by atoms with Gasteiger partial charge in [0.2, 0.25) is 10.0 Å². The van der Waals surface area contributed by atoms with E-state index in [-0.39, 0.29) is 23.1 Å². The molecule has 14 heavy (non-hydrogen) atoms. The maximum atomic E-state index is 11.9. The van der Waals surface area contributed by atoms with Crippen molar-refractivity contribution >= 4 is 10.0 Å². The normalized spacial score (nSPS) is 55.1. The van der Waals surface area contributed by atoms with Gasteiger partial charge < -0.3 is 5.11 Å². The summed E-state index contributed by atoms with van der Waals surface area (Å²) in [5, 5.41) is 9.79. The zero-order chi connectivity index (χ0) is 10.1. The van der Waals surface area contributed by atoms with Gasteiger partial charge in [-0.1, -0.05) is 0 Å². The smallest absolute Gasteiger partial charge is 0.217 e. The van der Waals surface area contributed by atoms with Crippen molar-refractivity contribution in [3.05, 3.63) is 0 Å². The van der Waals surface area contributed by atoms with Crippen LogP contribution in [0, 0.1) is 11.8 Å². The quantitative estimate of drug-likeness (QED) is 0.611. The van der Waals surface area contributed by atoms with Crippen LogP contribution in [-0.2, 0) is 10.0 Å². The number of rotatable bonds is 0. The van der Waals surface area contributed by atoms with E-state index in [1.54, 1.807) is 7.05 Å². The molecule has 1 saturated heterocycles. The van der Waals surface area contributed by atoms with E-state index in [0.29, 0.717) is 6.42 Å². The van der Waals surface area contributed by atoms with Crippen molar-refractivity contribution in [3.63, 3.8) is 0 Å². The Kier molecular flexibility index (Phi) is 1.64. The fraction of sp³-hybridized carbons (Fsp3) is 1.00. The number of fused-ring (bicyclic) bond motifs is 1. The van der Waals surface area contributed by atoms with E-state index < -0.39 is 16.1 Å². The lowest BCUT2D eigenvalue weighted by atomic mass is 9.66. The first-order valence-electron chi connectivity index (χ1n) is 5.18. The lowest BCUT2D eigenvalue weighted by Gasteiger charge is -2.44. The SMILES string of the molecule is CN1C2C(O)C3CCC2C(C3)S1(=O)=O. The first-order chi connectivity index (χ1) is 6.53. The van der Waals surface area contributed by atoms with Crippen molar-refractivity contribution in [1.29, 1.82) is 0 Å². The number of likely N-dealkylation sites (N-methyl/N-ethyl adjacent to an activating group) is 1. The Bertz CT molecular complexity index is 366. The van der Waals surface area contributed by atoms with Gasteiger partial charge in [0.15, 0.2) is 0 Å². The van der Waals surface area contributed by atoms with Gasteiger partial charge in [-0.3, -0.25) is 0 Å². The van der Waals surface area contributed by atoms with Crippen LogP contribution in [0.2, 0.25) is 0 Å². The summed E-state index contributed by atoms with van der Waals surface area (Å²) in [6.45, 7) is 0. The van der Waals surface area contributed by atoms with Gasteiger partial charge in [0.1, 0.15) is 0 Å². The summed E-state index contributed by atoms with van der Waals surface area (Å²) < 4.78 is 25.3. The molecule has 1 heterocycles. The molecule has 80 valence electrons. The summed E-state index contributed by atoms with van der Waals surface area (Å²) in [4.78, 5) is 0. The molecule has 0 spiro atoms. The number of hydrogen-bond donors (Lipinski definition) is 1. The minimum absolute atomic E-state index is 0.127. The minimum atomic E-state index is -3.09. The lowest BCUT2D eigenvalue weighted by Crippen LogP contribution is -2.52. The van der Waals surface area contributed by atoms with Gasteiger partial charge in [-0.25, -0.2) is 8.42 Å². The van der Waals surface area contributed by atoms with Crippen molar-refractivity contribution in [2.45, 2.75) is 36.7 Å². The maximum absolute atomic E-state index is 11.9. The summed E-state index contributed by atoms with van der Waals surface area (Å²) in [5.74, 6) is 0.403. The number of aliphatic hydroxyl groups is 1. The fourth-order valence-corrected chi connectivity index (χ4v) is 5.90. The third kappa shape index (κ3) is 0.840. The number of aliphatic hydroxyl groups excluding tert-OH is 1. The highest BCUT2D eigenvalue weighted by Gasteiger charge is 2.61. The first kappa shape index (κ1) is 9.12. The Balaban J connectivity index is 2.12. The van der Waals surface area contributed by atoms with E-state index in [2.05, 4.69) is 0 Å². The number of sulfonamides is 1. The Morgan fingerprint density at radius 3 is 2.71 bits per heavy atom. The summed E-state index contributed by atoms with van der Waals surface area (Å²) >= 11 is 0. The Morgan fingerprint density at radius 1 is 1.36 bits per heavy atom. The molecule has 4 fully saturated rings. The number of nitrogens with zero attached hydrogens (tertiary/aromatic N) is 1. The predicted octanol–water partition coefficient (Wildman–Crippen LogP) is -0.210. The fourth-order valence-electron chi connectivity index (χ4n) is 3.63. The molecular formula is C9H15NO3S. The summed E-state index contributed by atoms with van der Waals surface area (Å²) in [6.07, 6.45) is 2.23. The second-order valence-corrected chi connectivity index (χ2v) is 7.03.